The summed E-state index contributed by atoms with van der Waals surface area (Å²) in [5.41, 5.74) is 2.58. The maximum Gasteiger partial charge on any atom is 0.342 e. The van der Waals surface area contributed by atoms with E-state index in [1.165, 1.54) is 7.11 Å². The minimum Gasteiger partial charge on any atom is -0.496 e. The maximum absolute atomic E-state index is 12.1. The first-order chi connectivity index (χ1) is 12.0. The first-order valence-electron chi connectivity index (χ1n) is 7.61. The number of amides is 1. The number of nitrogens with zero attached hydrogens (tertiary/aromatic N) is 1. The zero-order chi connectivity index (χ0) is 18.2. The van der Waals surface area contributed by atoms with Crippen molar-refractivity contribution < 1.29 is 19.1 Å². The van der Waals surface area contributed by atoms with Crippen LogP contribution in [-0.2, 0) is 16.0 Å². The van der Waals surface area contributed by atoms with Gasteiger partial charge in [-0.3, -0.25) is 4.79 Å². The van der Waals surface area contributed by atoms with E-state index in [4.69, 9.17) is 14.7 Å². The lowest BCUT2D eigenvalue weighted by molar-refractivity contribution is -0.119. The third kappa shape index (κ3) is 5.08. The van der Waals surface area contributed by atoms with E-state index in [1.54, 1.807) is 36.4 Å². The number of hydrogen-bond acceptors (Lipinski definition) is 5. The molecule has 25 heavy (non-hydrogen) atoms. The number of nitriles is 1. The van der Waals surface area contributed by atoms with E-state index in [2.05, 4.69) is 11.4 Å². The molecule has 0 spiro atoms. The van der Waals surface area contributed by atoms with Crippen molar-refractivity contribution >= 4 is 17.6 Å². The smallest absolute Gasteiger partial charge is 0.342 e. The van der Waals surface area contributed by atoms with Gasteiger partial charge < -0.3 is 14.8 Å². The number of aryl methyl sites for hydroxylation is 1. The number of nitrogens with one attached hydrogen (secondary N) is 1. The van der Waals surface area contributed by atoms with Crippen molar-refractivity contribution in [1.29, 1.82) is 5.26 Å². The molecule has 0 aliphatic carbocycles. The Kier molecular flexibility index (Phi) is 6.13. The predicted octanol–water partition coefficient (Wildman–Crippen LogP) is 2.87. The molecule has 1 N–H and O–H groups in total. The van der Waals surface area contributed by atoms with Gasteiger partial charge in [-0.2, -0.15) is 5.26 Å². The lowest BCUT2D eigenvalue weighted by Crippen LogP contribution is -2.21. The fraction of sp³-hybridized carbons (Fsp3) is 0.211. The van der Waals surface area contributed by atoms with Crippen molar-refractivity contribution in [3.63, 3.8) is 0 Å². The van der Waals surface area contributed by atoms with Crippen LogP contribution in [0.3, 0.4) is 0 Å². The molecule has 2 aromatic carbocycles. The van der Waals surface area contributed by atoms with Crippen molar-refractivity contribution in [1.82, 2.24) is 0 Å². The number of benzene rings is 2. The van der Waals surface area contributed by atoms with Crippen molar-refractivity contribution in [3.8, 4) is 11.8 Å². The van der Waals surface area contributed by atoms with E-state index in [-0.39, 0.29) is 5.56 Å². The van der Waals surface area contributed by atoms with E-state index in [1.807, 2.05) is 13.0 Å². The fourth-order valence-corrected chi connectivity index (χ4v) is 2.18. The Morgan fingerprint density at radius 1 is 1.16 bits per heavy atom. The molecule has 0 aromatic heterocycles. The van der Waals surface area contributed by atoms with E-state index in [0.29, 0.717) is 17.9 Å². The number of methoxy groups -OCH3 is 1. The zero-order valence-corrected chi connectivity index (χ0v) is 14.0. The summed E-state index contributed by atoms with van der Waals surface area (Å²) in [6, 6.07) is 14.1. The molecule has 1 amide bonds. The van der Waals surface area contributed by atoms with Gasteiger partial charge in [0.15, 0.2) is 6.61 Å². The minimum absolute atomic E-state index is 0.274. The maximum atomic E-state index is 12.1. The lowest BCUT2D eigenvalue weighted by atomic mass is 10.1. The Bertz CT molecular complexity index is 807. The molecule has 128 valence electrons. The van der Waals surface area contributed by atoms with Crippen LogP contribution in [0.4, 0.5) is 5.69 Å². The predicted molar refractivity (Wildman–Crippen MR) is 92.4 cm³/mol. The van der Waals surface area contributed by atoms with E-state index < -0.39 is 18.5 Å². The molecule has 0 atom stereocenters. The monoisotopic (exact) mass is 338 g/mol. The molecular formula is C19H18N2O4. The number of hydrogen-bond donors (Lipinski definition) is 1. The highest BCUT2D eigenvalue weighted by Gasteiger charge is 2.15. The van der Waals surface area contributed by atoms with E-state index >= 15 is 0 Å². The third-order valence-corrected chi connectivity index (χ3v) is 3.43. The van der Waals surface area contributed by atoms with Crippen LogP contribution in [0, 0.1) is 18.3 Å². The summed E-state index contributed by atoms with van der Waals surface area (Å²) in [6.45, 7) is 1.44. The lowest BCUT2D eigenvalue weighted by Gasteiger charge is -2.10. The first kappa shape index (κ1) is 18.0. The first-order valence-corrected chi connectivity index (χ1v) is 7.61. The van der Waals surface area contributed by atoms with Gasteiger partial charge in [0.05, 0.1) is 19.6 Å². The van der Waals surface area contributed by atoms with Crippen molar-refractivity contribution in [2.24, 2.45) is 0 Å². The number of esters is 1. The van der Waals surface area contributed by atoms with Crippen LogP contribution in [0.2, 0.25) is 0 Å². The molecule has 2 aromatic rings. The van der Waals surface area contributed by atoms with Gasteiger partial charge in [0, 0.05) is 5.69 Å². The van der Waals surface area contributed by atoms with Crippen LogP contribution in [-0.4, -0.2) is 25.6 Å². The second-order valence-corrected chi connectivity index (χ2v) is 5.36. The Morgan fingerprint density at radius 3 is 2.52 bits per heavy atom. The summed E-state index contributed by atoms with van der Waals surface area (Å²) in [7, 11) is 1.46. The van der Waals surface area contributed by atoms with Gasteiger partial charge in [-0.15, -0.1) is 0 Å². The average molecular weight is 338 g/mol. The van der Waals surface area contributed by atoms with Crippen LogP contribution in [0.5, 0.6) is 5.75 Å². The quantitative estimate of drug-likeness (QED) is 0.818. The summed E-state index contributed by atoms with van der Waals surface area (Å²) < 4.78 is 10.2. The minimum atomic E-state index is -0.625. The normalized spacial score (nSPS) is 9.80. The van der Waals surface area contributed by atoms with Gasteiger partial charge in [-0.1, -0.05) is 23.8 Å². The Morgan fingerprint density at radius 2 is 1.88 bits per heavy atom. The third-order valence-electron chi connectivity index (χ3n) is 3.43. The van der Waals surface area contributed by atoms with Crippen molar-refractivity contribution in [2.75, 3.05) is 19.0 Å². The molecule has 6 nitrogen and oxygen atoms in total. The summed E-state index contributed by atoms with van der Waals surface area (Å²) in [5.74, 6) is -0.683. The molecule has 6 heteroatoms. The van der Waals surface area contributed by atoms with Crippen LogP contribution in [0.15, 0.2) is 42.5 Å². The molecule has 0 aliphatic heterocycles. The molecule has 0 saturated carbocycles. The van der Waals surface area contributed by atoms with Crippen LogP contribution in [0.25, 0.3) is 0 Å². The highest BCUT2D eigenvalue weighted by atomic mass is 16.5. The van der Waals surface area contributed by atoms with Gasteiger partial charge >= 0.3 is 5.97 Å². The SMILES string of the molecule is COc1ccc(C)cc1C(=O)OCC(=O)Nc1ccc(CC#N)cc1. The average Bonchev–Trinajstić information content (AvgIpc) is 2.61. The van der Waals surface area contributed by atoms with Crippen LogP contribution >= 0.6 is 0 Å². The summed E-state index contributed by atoms with van der Waals surface area (Å²) in [5, 5.41) is 11.3. The number of carbonyl (C=O) groups excluding carboxylic acids is 2. The Labute approximate surface area is 146 Å². The molecule has 0 saturated heterocycles. The van der Waals surface area contributed by atoms with Gasteiger partial charge in [-0.05, 0) is 36.8 Å². The standard InChI is InChI=1S/C19H18N2O4/c1-13-3-8-17(24-2)16(11-13)19(23)25-12-18(22)21-15-6-4-14(5-7-15)9-10-20/h3-8,11H,9,12H2,1-2H3,(H,21,22). The molecule has 0 radical (unpaired) electrons. The van der Waals surface area contributed by atoms with Crippen molar-refractivity contribution in [2.45, 2.75) is 13.3 Å². The van der Waals surface area contributed by atoms with Gasteiger partial charge in [0.1, 0.15) is 11.3 Å². The highest BCUT2D eigenvalue weighted by Crippen LogP contribution is 2.20. The molecule has 0 unspecified atom stereocenters. The number of anilines is 1. The Balaban J connectivity index is 1.92. The molecule has 0 heterocycles. The van der Waals surface area contributed by atoms with E-state index in [0.717, 1.165) is 11.1 Å². The summed E-state index contributed by atoms with van der Waals surface area (Å²) in [6.07, 6.45) is 0.310. The van der Waals surface area contributed by atoms with E-state index in [9.17, 15) is 9.59 Å². The zero-order valence-electron chi connectivity index (χ0n) is 14.0. The number of rotatable bonds is 6. The summed E-state index contributed by atoms with van der Waals surface area (Å²) >= 11 is 0. The summed E-state index contributed by atoms with van der Waals surface area (Å²) in [4.78, 5) is 24.0. The molecule has 0 fully saturated rings. The topological polar surface area (TPSA) is 88.4 Å². The largest absolute Gasteiger partial charge is 0.496 e. The van der Waals surface area contributed by atoms with Gasteiger partial charge in [0.2, 0.25) is 0 Å². The molecule has 0 aliphatic rings. The molecule has 0 bridgehead atoms. The highest BCUT2D eigenvalue weighted by molar-refractivity contribution is 5.96. The van der Waals surface area contributed by atoms with Crippen LogP contribution in [0.1, 0.15) is 21.5 Å². The molecular weight excluding hydrogens is 320 g/mol. The van der Waals surface area contributed by atoms with Crippen molar-refractivity contribution in [3.05, 3.63) is 59.2 Å². The number of carbonyl (C=O) groups is 2. The Hall–Kier alpha value is -3.33. The van der Waals surface area contributed by atoms with Gasteiger partial charge in [0.25, 0.3) is 5.91 Å². The second kappa shape index (κ2) is 8.50. The fourth-order valence-electron chi connectivity index (χ4n) is 2.18. The van der Waals surface area contributed by atoms with Crippen LogP contribution < -0.4 is 10.1 Å². The number of ether oxygens (including phenoxy) is 2. The second-order valence-electron chi connectivity index (χ2n) is 5.36. The molecule has 2 rings (SSSR count). The van der Waals surface area contributed by atoms with Gasteiger partial charge in [-0.25, -0.2) is 4.79 Å².